The van der Waals surface area contributed by atoms with Crippen molar-refractivity contribution in [3.63, 3.8) is 0 Å². The molecule has 0 radical (unpaired) electrons. The molecule has 0 bridgehead atoms. The van der Waals surface area contributed by atoms with E-state index in [0.29, 0.717) is 31.0 Å². The lowest BCUT2D eigenvalue weighted by Crippen LogP contribution is -2.26. The number of amides is 1. The Bertz CT molecular complexity index is 174. The fraction of sp³-hybridized carbons (Fsp3) is 0.875. The standard InChI is InChI=1S/C8H18N2O2S/c1-2-5-10-8(11)3-6-13(12)7-4-9/h2-7,9H2,1H3,(H,10,11). The monoisotopic (exact) mass is 206 g/mol. The molecule has 0 rings (SSSR count). The molecular formula is C8H18N2O2S. The Labute approximate surface area is 81.7 Å². The van der Waals surface area contributed by atoms with Crippen molar-refractivity contribution in [2.24, 2.45) is 5.73 Å². The Morgan fingerprint density at radius 3 is 2.69 bits per heavy atom. The average Bonchev–Trinajstić information content (AvgIpc) is 2.12. The molecule has 0 saturated carbocycles. The van der Waals surface area contributed by atoms with Crippen LogP contribution >= 0.6 is 0 Å². The second kappa shape index (κ2) is 8.19. The predicted octanol–water partition coefficient (Wildman–Crippen LogP) is -0.390. The van der Waals surface area contributed by atoms with E-state index >= 15 is 0 Å². The highest BCUT2D eigenvalue weighted by Gasteiger charge is 2.03. The molecule has 0 aromatic heterocycles. The van der Waals surface area contributed by atoms with Gasteiger partial charge in [-0.1, -0.05) is 6.92 Å². The largest absolute Gasteiger partial charge is 0.356 e. The van der Waals surface area contributed by atoms with E-state index in [-0.39, 0.29) is 5.91 Å². The number of rotatable bonds is 7. The average molecular weight is 206 g/mol. The molecule has 1 unspecified atom stereocenters. The Morgan fingerprint density at radius 2 is 2.15 bits per heavy atom. The highest BCUT2D eigenvalue weighted by molar-refractivity contribution is 7.85. The molecule has 0 heterocycles. The summed E-state index contributed by atoms with van der Waals surface area (Å²) < 4.78 is 11.1. The van der Waals surface area contributed by atoms with E-state index in [1.165, 1.54) is 0 Å². The van der Waals surface area contributed by atoms with Gasteiger partial charge in [-0.25, -0.2) is 0 Å². The molecule has 1 atom stereocenters. The third kappa shape index (κ3) is 7.93. The first-order valence-corrected chi connectivity index (χ1v) is 6.01. The summed E-state index contributed by atoms with van der Waals surface area (Å²) in [6, 6.07) is 0. The predicted molar refractivity (Wildman–Crippen MR) is 54.8 cm³/mol. The molecular weight excluding hydrogens is 188 g/mol. The number of nitrogens with one attached hydrogen (secondary N) is 1. The van der Waals surface area contributed by atoms with Crippen LogP contribution in [0.5, 0.6) is 0 Å². The zero-order valence-electron chi connectivity index (χ0n) is 8.04. The molecule has 0 aliphatic heterocycles. The highest BCUT2D eigenvalue weighted by Crippen LogP contribution is 1.87. The van der Waals surface area contributed by atoms with Crippen molar-refractivity contribution in [3.8, 4) is 0 Å². The van der Waals surface area contributed by atoms with Crippen molar-refractivity contribution in [1.29, 1.82) is 0 Å². The van der Waals surface area contributed by atoms with Gasteiger partial charge in [-0.2, -0.15) is 0 Å². The topological polar surface area (TPSA) is 72.2 Å². The molecule has 0 spiro atoms. The summed E-state index contributed by atoms with van der Waals surface area (Å²) in [4.78, 5) is 11.0. The first-order chi connectivity index (χ1) is 6.20. The van der Waals surface area contributed by atoms with Crippen LogP contribution in [0.3, 0.4) is 0 Å². The van der Waals surface area contributed by atoms with Gasteiger partial charge >= 0.3 is 0 Å². The zero-order valence-corrected chi connectivity index (χ0v) is 8.86. The summed E-state index contributed by atoms with van der Waals surface area (Å²) in [5.41, 5.74) is 5.22. The molecule has 3 N–H and O–H groups in total. The molecule has 1 amide bonds. The highest BCUT2D eigenvalue weighted by atomic mass is 32.2. The smallest absolute Gasteiger partial charge is 0.220 e. The summed E-state index contributed by atoms with van der Waals surface area (Å²) in [5, 5.41) is 2.73. The molecule has 0 saturated heterocycles. The Morgan fingerprint density at radius 1 is 1.46 bits per heavy atom. The second-order valence-corrected chi connectivity index (χ2v) is 4.43. The van der Waals surface area contributed by atoms with Crippen molar-refractivity contribution >= 4 is 16.7 Å². The second-order valence-electron chi connectivity index (χ2n) is 2.74. The van der Waals surface area contributed by atoms with Crippen LogP contribution in [0.2, 0.25) is 0 Å². The lowest BCUT2D eigenvalue weighted by Gasteiger charge is -2.02. The molecule has 0 aliphatic rings. The lowest BCUT2D eigenvalue weighted by molar-refractivity contribution is -0.120. The van der Waals surface area contributed by atoms with Gasteiger partial charge in [0.05, 0.1) is 0 Å². The van der Waals surface area contributed by atoms with E-state index < -0.39 is 10.8 Å². The minimum absolute atomic E-state index is 0.0211. The minimum Gasteiger partial charge on any atom is -0.356 e. The van der Waals surface area contributed by atoms with Crippen molar-refractivity contribution in [1.82, 2.24) is 5.32 Å². The van der Waals surface area contributed by atoms with Crippen LogP contribution in [-0.4, -0.2) is 34.7 Å². The first-order valence-electron chi connectivity index (χ1n) is 4.52. The fourth-order valence-electron chi connectivity index (χ4n) is 0.793. The molecule has 0 aromatic carbocycles. The van der Waals surface area contributed by atoms with Gasteiger partial charge in [0.25, 0.3) is 0 Å². The van der Waals surface area contributed by atoms with Crippen LogP contribution in [0.1, 0.15) is 19.8 Å². The van der Waals surface area contributed by atoms with Crippen LogP contribution < -0.4 is 11.1 Å². The van der Waals surface area contributed by atoms with E-state index in [2.05, 4.69) is 5.32 Å². The number of hydrogen-bond acceptors (Lipinski definition) is 3. The van der Waals surface area contributed by atoms with Crippen molar-refractivity contribution < 1.29 is 9.00 Å². The number of hydrogen-bond donors (Lipinski definition) is 2. The summed E-state index contributed by atoms with van der Waals surface area (Å²) in [6.45, 7) is 3.11. The van der Waals surface area contributed by atoms with E-state index in [4.69, 9.17) is 5.73 Å². The van der Waals surface area contributed by atoms with Gasteiger partial charge in [0.15, 0.2) is 0 Å². The minimum atomic E-state index is -0.932. The van der Waals surface area contributed by atoms with E-state index in [9.17, 15) is 9.00 Å². The summed E-state index contributed by atoms with van der Waals surface area (Å²) in [6.07, 6.45) is 1.27. The SMILES string of the molecule is CCCNC(=O)CCS(=O)CCN. The Balaban J connectivity index is 3.40. The van der Waals surface area contributed by atoms with Crippen molar-refractivity contribution in [3.05, 3.63) is 0 Å². The number of carbonyl (C=O) groups is 1. The number of nitrogens with two attached hydrogens (primary N) is 1. The first kappa shape index (κ1) is 12.6. The maximum atomic E-state index is 11.1. The molecule has 4 nitrogen and oxygen atoms in total. The van der Waals surface area contributed by atoms with Crippen LogP contribution in [0.15, 0.2) is 0 Å². The molecule has 0 aliphatic carbocycles. The van der Waals surface area contributed by atoms with Gasteiger partial charge in [0.1, 0.15) is 0 Å². The Kier molecular flexibility index (Phi) is 7.93. The van der Waals surface area contributed by atoms with Gasteiger partial charge in [-0.05, 0) is 6.42 Å². The van der Waals surface area contributed by atoms with Crippen LogP contribution in [0, 0.1) is 0 Å². The van der Waals surface area contributed by atoms with E-state index in [1.807, 2.05) is 6.92 Å². The van der Waals surface area contributed by atoms with E-state index in [0.717, 1.165) is 6.42 Å². The number of carbonyl (C=O) groups excluding carboxylic acids is 1. The quantitative estimate of drug-likeness (QED) is 0.596. The molecule has 13 heavy (non-hydrogen) atoms. The molecule has 78 valence electrons. The third-order valence-corrected chi connectivity index (χ3v) is 2.82. The normalized spacial score (nSPS) is 12.5. The van der Waals surface area contributed by atoms with Gasteiger partial charge in [0, 0.05) is 41.8 Å². The Hall–Kier alpha value is -0.420. The van der Waals surface area contributed by atoms with Gasteiger partial charge < -0.3 is 11.1 Å². The fourth-order valence-corrected chi connectivity index (χ4v) is 1.67. The molecule has 0 aromatic rings. The summed E-state index contributed by atoms with van der Waals surface area (Å²) in [7, 11) is -0.932. The molecule has 5 heteroatoms. The van der Waals surface area contributed by atoms with Gasteiger partial charge in [0.2, 0.25) is 5.91 Å². The van der Waals surface area contributed by atoms with Crippen molar-refractivity contribution in [2.45, 2.75) is 19.8 Å². The van der Waals surface area contributed by atoms with Gasteiger partial charge in [-0.3, -0.25) is 9.00 Å². The zero-order chi connectivity index (χ0) is 10.1. The summed E-state index contributed by atoms with van der Waals surface area (Å²) >= 11 is 0. The van der Waals surface area contributed by atoms with Crippen LogP contribution in [0.25, 0.3) is 0 Å². The third-order valence-electron chi connectivity index (χ3n) is 1.47. The maximum Gasteiger partial charge on any atom is 0.220 e. The van der Waals surface area contributed by atoms with Gasteiger partial charge in [-0.15, -0.1) is 0 Å². The van der Waals surface area contributed by atoms with Crippen LogP contribution in [-0.2, 0) is 15.6 Å². The maximum absolute atomic E-state index is 11.1. The van der Waals surface area contributed by atoms with Crippen LogP contribution in [0.4, 0.5) is 0 Å². The molecule has 0 fully saturated rings. The lowest BCUT2D eigenvalue weighted by atomic mass is 10.4. The summed E-state index contributed by atoms with van der Waals surface area (Å²) in [5.74, 6) is 0.889. The van der Waals surface area contributed by atoms with Crippen molar-refractivity contribution in [2.75, 3.05) is 24.6 Å². The van der Waals surface area contributed by atoms with E-state index in [1.54, 1.807) is 0 Å².